The van der Waals surface area contributed by atoms with Gasteiger partial charge in [0.1, 0.15) is 11.6 Å². The highest BCUT2D eigenvalue weighted by Gasteiger charge is 2.16. The van der Waals surface area contributed by atoms with Crippen LogP contribution in [0.4, 0.5) is 4.39 Å². The van der Waals surface area contributed by atoms with Crippen LogP contribution >= 0.6 is 0 Å². The zero-order chi connectivity index (χ0) is 11.7. The van der Waals surface area contributed by atoms with Gasteiger partial charge in [0.2, 0.25) is 0 Å². The van der Waals surface area contributed by atoms with Gasteiger partial charge >= 0.3 is 5.97 Å². The molecule has 0 aliphatic rings. The van der Waals surface area contributed by atoms with Gasteiger partial charge < -0.3 is 9.67 Å². The lowest BCUT2D eigenvalue weighted by Gasteiger charge is -2.09. The molecule has 1 aromatic heterocycles. The second-order valence-corrected chi connectivity index (χ2v) is 3.29. The Morgan fingerprint density at radius 3 is 2.81 bits per heavy atom. The molecule has 0 radical (unpaired) electrons. The Hall–Kier alpha value is -2.17. The Bertz CT molecular complexity index is 549. The molecule has 0 bridgehead atoms. The van der Waals surface area contributed by atoms with Gasteiger partial charge in [-0.05, 0) is 19.1 Å². The second kappa shape index (κ2) is 3.77. The monoisotopic (exact) mass is 220 g/mol. The number of aromatic carboxylic acids is 1. The number of carbonyl (C=O) groups is 1. The van der Waals surface area contributed by atoms with Crippen molar-refractivity contribution in [2.45, 2.75) is 6.92 Å². The van der Waals surface area contributed by atoms with E-state index in [0.29, 0.717) is 5.82 Å². The summed E-state index contributed by atoms with van der Waals surface area (Å²) < 4.78 is 15.1. The van der Waals surface area contributed by atoms with Gasteiger partial charge in [-0.25, -0.2) is 14.2 Å². The number of hydrogen-bond acceptors (Lipinski definition) is 2. The summed E-state index contributed by atoms with van der Waals surface area (Å²) in [4.78, 5) is 14.9. The van der Waals surface area contributed by atoms with Crippen molar-refractivity contribution in [3.63, 3.8) is 0 Å². The number of halogens is 1. The molecule has 0 unspecified atom stereocenters. The average Bonchev–Trinajstić information content (AvgIpc) is 2.64. The maximum Gasteiger partial charge on any atom is 0.337 e. The first kappa shape index (κ1) is 10.4. The van der Waals surface area contributed by atoms with Crippen molar-refractivity contribution >= 4 is 5.97 Å². The Morgan fingerprint density at radius 1 is 1.50 bits per heavy atom. The summed E-state index contributed by atoms with van der Waals surface area (Å²) in [7, 11) is 0. The maximum atomic E-state index is 13.6. The largest absolute Gasteiger partial charge is 0.478 e. The van der Waals surface area contributed by atoms with Gasteiger partial charge in [0.15, 0.2) is 0 Å². The Balaban J connectivity index is 2.73. The molecule has 5 heteroatoms. The molecule has 0 saturated heterocycles. The van der Waals surface area contributed by atoms with E-state index in [1.165, 1.54) is 35.2 Å². The number of para-hydroxylation sites is 1. The van der Waals surface area contributed by atoms with Crippen molar-refractivity contribution in [2.24, 2.45) is 0 Å². The topological polar surface area (TPSA) is 55.1 Å². The van der Waals surface area contributed by atoms with Crippen LogP contribution in [0.5, 0.6) is 0 Å². The molecule has 0 aliphatic heterocycles. The number of carboxylic acids is 1. The highest BCUT2D eigenvalue weighted by Crippen LogP contribution is 2.20. The first-order valence-electron chi connectivity index (χ1n) is 4.63. The van der Waals surface area contributed by atoms with Gasteiger partial charge in [-0.15, -0.1) is 0 Å². The molecule has 82 valence electrons. The highest BCUT2D eigenvalue weighted by atomic mass is 19.1. The molecular weight excluding hydrogens is 211 g/mol. The Labute approximate surface area is 91.0 Å². The van der Waals surface area contributed by atoms with Crippen LogP contribution in [0.1, 0.15) is 16.2 Å². The Morgan fingerprint density at radius 2 is 2.25 bits per heavy atom. The van der Waals surface area contributed by atoms with E-state index in [-0.39, 0.29) is 11.3 Å². The highest BCUT2D eigenvalue weighted by molar-refractivity contribution is 5.92. The van der Waals surface area contributed by atoms with Gasteiger partial charge in [-0.2, -0.15) is 0 Å². The molecular formula is C11H9FN2O2. The number of carboxylic acid groups (broad SMARTS) is 1. The first-order chi connectivity index (χ1) is 7.61. The van der Waals surface area contributed by atoms with E-state index in [1.807, 2.05) is 0 Å². The number of benzene rings is 1. The number of imidazole rings is 1. The zero-order valence-corrected chi connectivity index (χ0v) is 8.51. The normalized spacial score (nSPS) is 10.4. The van der Waals surface area contributed by atoms with E-state index in [4.69, 9.17) is 5.11 Å². The third-order valence-electron chi connectivity index (χ3n) is 2.28. The number of nitrogens with zero attached hydrogens (tertiary/aromatic N) is 2. The predicted molar refractivity (Wildman–Crippen MR) is 55.2 cm³/mol. The molecule has 0 spiro atoms. The summed E-state index contributed by atoms with van der Waals surface area (Å²) in [5.74, 6) is -1.21. The van der Waals surface area contributed by atoms with E-state index in [1.54, 1.807) is 6.92 Å². The number of rotatable bonds is 2. The minimum absolute atomic E-state index is 0.0185. The van der Waals surface area contributed by atoms with E-state index in [2.05, 4.69) is 4.98 Å². The van der Waals surface area contributed by atoms with Crippen LogP contribution in [0.2, 0.25) is 0 Å². The molecule has 0 aliphatic carbocycles. The van der Waals surface area contributed by atoms with Gasteiger partial charge in [0.05, 0.1) is 11.3 Å². The minimum atomic E-state index is -1.16. The lowest BCUT2D eigenvalue weighted by atomic mass is 10.1. The molecule has 1 aromatic carbocycles. The summed E-state index contributed by atoms with van der Waals surface area (Å²) in [5, 5.41) is 8.98. The molecule has 4 nitrogen and oxygen atoms in total. The third kappa shape index (κ3) is 1.56. The summed E-state index contributed by atoms with van der Waals surface area (Å²) in [6.45, 7) is 1.68. The fourth-order valence-corrected chi connectivity index (χ4v) is 1.55. The van der Waals surface area contributed by atoms with Crippen LogP contribution in [0.15, 0.2) is 30.6 Å². The van der Waals surface area contributed by atoms with Gasteiger partial charge in [0.25, 0.3) is 0 Å². The van der Waals surface area contributed by atoms with Gasteiger partial charge in [-0.3, -0.25) is 0 Å². The fourth-order valence-electron chi connectivity index (χ4n) is 1.55. The smallest absolute Gasteiger partial charge is 0.337 e. The van der Waals surface area contributed by atoms with E-state index >= 15 is 0 Å². The lowest BCUT2D eigenvalue weighted by molar-refractivity contribution is 0.0696. The number of aryl methyl sites for hydroxylation is 1. The van der Waals surface area contributed by atoms with Crippen molar-refractivity contribution in [2.75, 3.05) is 0 Å². The van der Waals surface area contributed by atoms with Gasteiger partial charge in [0, 0.05) is 12.4 Å². The molecule has 2 aromatic rings. The number of hydrogen-bond donors (Lipinski definition) is 1. The second-order valence-electron chi connectivity index (χ2n) is 3.29. The molecule has 0 fully saturated rings. The van der Waals surface area contributed by atoms with Crippen LogP contribution < -0.4 is 0 Å². The first-order valence-corrected chi connectivity index (χ1v) is 4.63. The third-order valence-corrected chi connectivity index (χ3v) is 2.28. The van der Waals surface area contributed by atoms with Crippen molar-refractivity contribution in [1.29, 1.82) is 0 Å². The van der Waals surface area contributed by atoms with Crippen LogP contribution in [0, 0.1) is 12.7 Å². The molecule has 16 heavy (non-hydrogen) atoms. The minimum Gasteiger partial charge on any atom is -0.478 e. The summed E-state index contributed by atoms with van der Waals surface area (Å²) in [6, 6.07) is 3.95. The van der Waals surface area contributed by atoms with Crippen LogP contribution in [-0.4, -0.2) is 20.6 Å². The summed E-state index contributed by atoms with van der Waals surface area (Å²) in [5.41, 5.74) is -0.0638. The zero-order valence-electron chi connectivity index (χ0n) is 8.51. The summed E-state index contributed by atoms with van der Waals surface area (Å²) in [6.07, 6.45) is 3.02. The fraction of sp³-hybridized carbons (Fsp3) is 0.0909. The molecule has 2 rings (SSSR count). The van der Waals surface area contributed by atoms with Crippen LogP contribution in [-0.2, 0) is 0 Å². The van der Waals surface area contributed by atoms with Crippen LogP contribution in [0.25, 0.3) is 5.69 Å². The van der Waals surface area contributed by atoms with Crippen molar-refractivity contribution in [1.82, 2.24) is 9.55 Å². The molecule has 0 saturated carbocycles. The molecule has 1 heterocycles. The molecule has 0 atom stereocenters. The van der Waals surface area contributed by atoms with Crippen molar-refractivity contribution < 1.29 is 14.3 Å². The van der Waals surface area contributed by atoms with E-state index in [9.17, 15) is 9.18 Å². The quantitative estimate of drug-likeness (QED) is 0.842. The predicted octanol–water partition coefficient (Wildman–Crippen LogP) is 2.02. The molecule has 1 N–H and O–H groups in total. The Kier molecular flexibility index (Phi) is 2.44. The van der Waals surface area contributed by atoms with Crippen molar-refractivity contribution in [3.8, 4) is 5.69 Å². The van der Waals surface area contributed by atoms with Crippen molar-refractivity contribution in [3.05, 3.63) is 47.8 Å². The standard InChI is InChI=1S/C11H9FN2O2/c1-7-13-5-6-14(7)10-8(11(15)16)3-2-4-9(10)12/h2-6H,1H3,(H,15,16). The van der Waals surface area contributed by atoms with Gasteiger partial charge in [-0.1, -0.05) is 6.07 Å². The average molecular weight is 220 g/mol. The van der Waals surface area contributed by atoms with E-state index < -0.39 is 11.8 Å². The molecule has 0 amide bonds. The lowest BCUT2D eigenvalue weighted by Crippen LogP contribution is -2.08. The SMILES string of the molecule is Cc1nccn1-c1c(F)cccc1C(=O)O. The maximum absolute atomic E-state index is 13.6. The number of aromatic nitrogens is 2. The van der Waals surface area contributed by atoms with Crippen LogP contribution in [0.3, 0.4) is 0 Å². The summed E-state index contributed by atoms with van der Waals surface area (Å²) >= 11 is 0. The van der Waals surface area contributed by atoms with E-state index in [0.717, 1.165) is 0 Å².